The fraction of sp³-hybridized carbons (Fsp3) is 0.286. The van der Waals surface area contributed by atoms with E-state index in [1.54, 1.807) is 0 Å². The minimum atomic E-state index is -4.28. The highest BCUT2D eigenvalue weighted by atomic mass is 19.4. The van der Waals surface area contributed by atoms with Gasteiger partial charge in [-0.15, -0.1) is 0 Å². The highest BCUT2D eigenvalue weighted by molar-refractivity contribution is 5.25. The zero-order valence-electron chi connectivity index (χ0n) is 10.8. The molecule has 0 unspecified atom stereocenters. The Bertz CT molecular complexity index is 534. The summed E-state index contributed by atoms with van der Waals surface area (Å²) in [5.74, 6) is 0. The van der Waals surface area contributed by atoms with E-state index in [1.807, 2.05) is 30.7 Å². The van der Waals surface area contributed by atoms with Crippen LogP contribution in [0.1, 0.15) is 22.5 Å². The van der Waals surface area contributed by atoms with E-state index in [4.69, 9.17) is 0 Å². The average molecular weight is 268 g/mol. The van der Waals surface area contributed by atoms with Gasteiger partial charge in [0, 0.05) is 11.4 Å². The van der Waals surface area contributed by atoms with E-state index < -0.39 is 11.7 Å². The van der Waals surface area contributed by atoms with E-state index in [1.165, 1.54) is 12.1 Å². The van der Waals surface area contributed by atoms with Crippen LogP contribution in [-0.4, -0.2) is 4.68 Å². The van der Waals surface area contributed by atoms with Crippen LogP contribution < -0.4 is 5.43 Å². The second-order valence-corrected chi connectivity index (χ2v) is 4.48. The number of benzene rings is 1. The van der Waals surface area contributed by atoms with Crippen LogP contribution >= 0.6 is 0 Å². The molecule has 19 heavy (non-hydrogen) atoms. The largest absolute Gasteiger partial charge is 0.416 e. The Morgan fingerprint density at radius 2 is 1.47 bits per heavy atom. The maximum absolute atomic E-state index is 12.4. The number of alkyl halides is 3. The number of aromatic nitrogens is 1. The minimum Gasteiger partial charge on any atom is -0.322 e. The van der Waals surface area contributed by atoms with E-state index in [2.05, 4.69) is 5.43 Å². The van der Waals surface area contributed by atoms with Crippen LogP contribution in [0.4, 0.5) is 13.2 Å². The van der Waals surface area contributed by atoms with Gasteiger partial charge < -0.3 is 5.43 Å². The SMILES string of the molecule is Cc1ccc(C)n1NCc1ccc(C(F)(F)F)cc1. The van der Waals surface area contributed by atoms with Crippen molar-refractivity contribution in [2.45, 2.75) is 26.6 Å². The molecule has 1 heterocycles. The molecule has 0 saturated carbocycles. The van der Waals surface area contributed by atoms with E-state index in [-0.39, 0.29) is 0 Å². The summed E-state index contributed by atoms with van der Waals surface area (Å²) in [6, 6.07) is 9.15. The second-order valence-electron chi connectivity index (χ2n) is 4.48. The van der Waals surface area contributed by atoms with Gasteiger partial charge in [0.15, 0.2) is 0 Å². The van der Waals surface area contributed by atoms with Gasteiger partial charge in [-0.05, 0) is 43.7 Å². The molecule has 0 radical (unpaired) electrons. The Hall–Kier alpha value is -1.91. The average Bonchev–Trinajstić information content (AvgIpc) is 2.66. The molecule has 1 aromatic heterocycles. The molecule has 0 bridgehead atoms. The van der Waals surface area contributed by atoms with Gasteiger partial charge in [-0.25, -0.2) is 0 Å². The van der Waals surface area contributed by atoms with Crippen molar-refractivity contribution in [1.82, 2.24) is 4.68 Å². The van der Waals surface area contributed by atoms with Gasteiger partial charge in [0.2, 0.25) is 0 Å². The van der Waals surface area contributed by atoms with Crippen LogP contribution in [0.25, 0.3) is 0 Å². The Labute approximate surface area is 109 Å². The number of rotatable bonds is 3. The van der Waals surface area contributed by atoms with Crippen molar-refractivity contribution in [3.05, 3.63) is 58.9 Å². The quantitative estimate of drug-likeness (QED) is 0.894. The molecule has 0 aliphatic carbocycles. The summed E-state index contributed by atoms with van der Waals surface area (Å²) in [4.78, 5) is 0. The van der Waals surface area contributed by atoms with Crippen LogP contribution in [0, 0.1) is 13.8 Å². The predicted octanol–water partition coefficient (Wildman–Crippen LogP) is 3.87. The Balaban J connectivity index is 2.05. The van der Waals surface area contributed by atoms with Gasteiger partial charge in [-0.3, -0.25) is 4.68 Å². The first-order valence-electron chi connectivity index (χ1n) is 5.93. The lowest BCUT2D eigenvalue weighted by atomic mass is 10.1. The summed E-state index contributed by atoms with van der Waals surface area (Å²) in [5.41, 5.74) is 5.48. The molecule has 0 atom stereocenters. The predicted molar refractivity (Wildman–Crippen MR) is 68.4 cm³/mol. The summed E-state index contributed by atoms with van der Waals surface area (Å²) in [5, 5.41) is 0. The van der Waals surface area contributed by atoms with Gasteiger partial charge in [0.05, 0.1) is 12.1 Å². The Kier molecular flexibility index (Phi) is 3.55. The maximum atomic E-state index is 12.4. The lowest BCUT2D eigenvalue weighted by molar-refractivity contribution is -0.137. The van der Waals surface area contributed by atoms with Crippen LogP contribution in [0.2, 0.25) is 0 Å². The fourth-order valence-corrected chi connectivity index (χ4v) is 1.90. The van der Waals surface area contributed by atoms with Gasteiger partial charge in [-0.2, -0.15) is 13.2 Å². The molecule has 102 valence electrons. The van der Waals surface area contributed by atoms with Crippen molar-refractivity contribution in [3.63, 3.8) is 0 Å². The van der Waals surface area contributed by atoms with Crippen molar-refractivity contribution >= 4 is 0 Å². The molecule has 0 fully saturated rings. The number of halogens is 3. The molecule has 0 amide bonds. The Morgan fingerprint density at radius 1 is 0.947 bits per heavy atom. The molecule has 0 spiro atoms. The molecule has 5 heteroatoms. The molecule has 0 aliphatic rings. The van der Waals surface area contributed by atoms with Gasteiger partial charge in [0.25, 0.3) is 0 Å². The monoisotopic (exact) mass is 268 g/mol. The third-order valence-corrected chi connectivity index (χ3v) is 2.99. The lowest BCUT2D eigenvalue weighted by Gasteiger charge is -2.13. The number of nitrogens with one attached hydrogen (secondary N) is 1. The number of aryl methyl sites for hydroxylation is 2. The molecule has 2 aromatic rings. The lowest BCUT2D eigenvalue weighted by Crippen LogP contribution is -2.17. The molecule has 2 rings (SSSR count). The third kappa shape index (κ3) is 3.10. The summed E-state index contributed by atoms with van der Waals surface area (Å²) < 4.78 is 39.2. The number of hydrogen-bond donors (Lipinski definition) is 1. The highest BCUT2D eigenvalue weighted by Gasteiger charge is 2.29. The summed E-state index contributed by atoms with van der Waals surface area (Å²) in [7, 11) is 0. The molecule has 1 N–H and O–H groups in total. The van der Waals surface area contributed by atoms with Crippen LogP contribution in [0.5, 0.6) is 0 Å². The smallest absolute Gasteiger partial charge is 0.322 e. The van der Waals surface area contributed by atoms with E-state index in [9.17, 15) is 13.2 Å². The summed E-state index contributed by atoms with van der Waals surface area (Å²) in [6.45, 7) is 4.41. The van der Waals surface area contributed by atoms with Gasteiger partial charge in [0.1, 0.15) is 0 Å². The van der Waals surface area contributed by atoms with Gasteiger partial charge in [-0.1, -0.05) is 12.1 Å². The molecule has 0 aliphatic heterocycles. The van der Waals surface area contributed by atoms with Crippen molar-refractivity contribution in [1.29, 1.82) is 0 Å². The van der Waals surface area contributed by atoms with E-state index >= 15 is 0 Å². The van der Waals surface area contributed by atoms with Crippen LogP contribution in [-0.2, 0) is 12.7 Å². The first-order valence-corrected chi connectivity index (χ1v) is 5.93. The normalized spacial score (nSPS) is 11.6. The molecular formula is C14H15F3N2. The van der Waals surface area contributed by atoms with E-state index in [0.717, 1.165) is 29.1 Å². The molecule has 1 aromatic carbocycles. The van der Waals surface area contributed by atoms with Crippen LogP contribution in [0.3, 0.4) is 0 Å². The zero-order valence-corrected chi connectivity index (χ0v) is 10.8. The van der Waals surface area contributed by atoms with Crippen molar-refractivity contribution in [2.75, 3.05) is 5.43 Å². The maximum Gasteiger partial charge on any atom is 0.416 e. The molecule has 0 saturated heterocycles. The first-order chi connectivity index (χ1) is 8.88. The number of nitrogens with zero attached hydrogens (tertiary/aromatic N) is 1. The van der Waals surface area contributed by atoms with Crippen molar-refractivity contribution < 1.29 is 13.2 Å². The van der Waals surface area contributed by atoms with Crippen LogP contribution in [0.15, 0.2) is 36.4 Å². The second kappa shape index (κ2) is 4.99. The van der Waals surface area contributed by atoms with E-state index in [0.29, 0.717) is 6.54 Å². The van der Waals surface area contributed by atoms with Crippen molar-refractivity contribution in [3.8, 4) is 0 Å². The Morgan fingerprint density at radius 3 is 1.95 bits per heavy atom. The first kappa shape index (κ1) is 13.5. The summed E-state index contributed by atoms with van der Waals surface area (Å²) in [6.07, 6.45) is -4.28. The zero-order chi connectivity index (χ0) is 14.0. The van der Waals surface area contributed by atoms with Gasteiger partial charge >= 0.3 is 6.18 Å². The third-order valence-electron chi connectivity index (χ3n) is 2.99. The molecule has 2 nitrogen and oxygen atoms in total. The minimum absolute atomic E-state index is 0.481. The van der Waals surface area contributed by atoms with Crippen molar-refractivity contribution in [2.24, 2.45) is 0 Å². The fourth-order valence-electron chi connectivity index (χ4n) is 1.90. The highest BCUT2D eigenvalue weighted by Crippen LogP contribution is 2.29. The number of hydrogen-bond acceptors (Lipinski definition) is 1. The standard InChI is InChI=1S/C14H15F3N2/c1-10-3-4-11(2)19(10)18-9-12-5-7-13(8-6-12)14(15,16)17/h3-8,18H,9H2,1-2H3. The molecular weight excluding hydrogens is 253 g/mol. The topological polar surface area (TPSA) is 17.0 Å². The summed E-state index contributed by atoms with van der Waals surface area (Å²) >= 11 is 0.